The van der Waals surface area contributed by atoms with E-state index in [2.05, 4.69) is 5.32 Å². The quantitative estimate of drug-likeness (QED) is 0.624. The minimum atomic E-state index is -4.16. The lowest BCUT2D eigenvalue weighted by Gasteiger charge is -2.08. The zero-order valence-corrected chi connectivity index (χ0v) is 11.4. The van der Waals surface area contributed by atoms with Crippen LogP contribution in [0, 0.1) is 0 Å². The van der Waals surface area contributed by atoms with Crippen molar-refractivity contribution in [3.8, 4) is 5.75 Å². The predicted molar refractivity (Wildman–Crippen MR) is 69.1 cm³/mol. The third-order valence-electron chi connectivity index (χ3n) is 2.35. The Bertz CT molecular complexity index is 458. The van der Waals surface area contributed by atoms with Crippen molar-refractivity contribution in [3.63, 3.8) is 0 Å². The average Bonchev–Trinajstić information content (AvgIpc) is 2.60. The molecule has 0 aliphatic carbocycles. The summed E-state index contributed by atoms with van der Waals surface area (Å²) < 4.78 is 41.0. The Labute approximate surface area is 112 Å². The predicted octanol–water partition coefficient (Wildman–Crippen LogP) is 3.30. The van der Waals surface area contributed by atoms with Crippen molar-refractivity contribution in [2.75, 3.05) is 24.7 Å². The number of nitrogen functional groups attached to an aromatic ring is 1. The Balaban J connectivity index is 2.68. The van der Waals surface area contributed by atoms with Gasteiger partial charge in [0.1, 0.15) is 5.00 Å². The van der Waals surface area contributed by atoms with E-state index < -0.39 is 12.6 Å². The number of alkyl halides is 3. The smallest absolute Gasteiger partial charge is 0.389 e. The highest BCUT2D eigenvalue weighted by molar-refractivity contribution is 7.19. The Kier molecular flexibility index (Phi) is 5.04. The molecule has 0 aliphatic rings. The highest BCUT2D eigenvalue weighted by atomic mass is 32.1. The van der Waals surface area contributed by atoms with Crippen molar-refractivity contribution < 1.29 is 22.7 Å². The number of ether oxygens (including phenoxy) is 1. The monoisotopic (exact) mass is 296 g/mol. The molecule has 0 radical (unpaired) electrons. The molecule has 0 unspecified atom stereocenters. The molecule has 19 heavy (non-hydrogen) atoms. The minimum Gasteiger partial charge on any atom is -0.492 e. The Morgan fingerprint density at radius 3 is 2.58 bits per heavy atom. The van der Waals surface area contributed by atoms with Crippen molar-refractivity contribution in [1.29, 1.82) is 0 Å². The lowest BCUT2D eigenvalue weighted by molar-refractivity contribution is -0.134. The molecule has 0 saturated carbocycles. The summed E-state index contributed by atoms with van der Waals surface area (Å²) in [6.07, 6.45) is -5.08. The maximum Gasteiger partial charge on any atom is 0.389 e. The molecule has 0 bridgehead atoms. The second kappa shape index (κ2) is 6.14. The van der Waals surface area contributed by atoms with E-state index in [1.54, 1.807) is 0 Å². The highest BCUT2D eigenvalue weighted by Gasteiger charge is 2.26. The van der Waals surface area contributed by atoms with Crippen LogP contribution in [0.1, 0.15) is 29.4 Å². The van der Waals surface area contributed by atoms with Crippen molar-refractivity contribution in [1.82, 2.24) is 0 Å². The van der Waals surface area contributed by atoms with E-state index in [0.29, 0.717) is 15.6 Å². The van der Waals surface area contributed by atoms with Crippen LogP contribution in [0.25, 0.3) is 0 Å². The van der Waals surface area contributed by atoms with Crippen LogP contribution in [-0.4, -0.2) is 25.6 Å². The van der Waals surface area contributed by atoms with Crippen LogP contribution in [0.4, 0.5) is 23.9 Å². The van der Waals surface area contributed by atoms with Gasteiger partial charge in [-0.25, -0.2) is 0 Å². The molecular weight excluding hydrogens is 281 g/mol. The van der Waals surface area contributed by atoms with Gasteiger partial charge in [-0.05, 0) is 6.42 Å². The fourth-order valence-corrected chi connectivity index (χ4v) is 2.51. The van der Waals surface area contributed by atoms with Gasteiger partial charge in [0.05, 0.1) is 17.7 Å². The molecule has 0 amide bonds. The van der Waals surface area contributed by atoms with E-state index >= 15 is 0 Å². The molecule has 0 fully saturated rings. The van der Waals surface area contributed by atoms with Gasteiger partial charge in [-0.3, -0.25) is 4.79 Å². The fourth-order valence-electron chi connectivity index (χ4n) is 1.50. The van der Waals surface area contributed by atoms with Crippen LogP contribution in [0.15, 0.2) is 0 Å². The van der Waals surface area contributed by atoms with Gasteiger partial charge in [-0.15, -0.1) is 11.3 Å². The lowest BCUT2D eigenvalue weighted by Crippen LogP contribution is -2.10. The molecule has 0 saturated heterocycles. The summed E-state index contributed by atoms with van der Waals surface area (Å²) in [6, 6.07) is 0. The number of thiophene rings is 1. The third-order valence-corrected chi connectivity index (χ3v) is 3.59. The second-order valence-corrected chi connectivity index (χ2v) is 4.93. The second-order valence-electron chi connectivity index (χ2n) is 3.91. The van der Waals surface area contributed by atoms with E-state index in [1.165, 1.54) is 14.0 Å². The van der Waals surface area contributed by atoms with Gasteiger partial charge < -0.3 is 15.8 Å². The molecule has 4 nitrogen and oxygen atoms in total. The zero-order valence-electron chi connectivity index (χ0n) is 10.6. The third kappa shape index (κ3) is 4.30. The summed E-state index contributed by atoms with van der Waals surface area (Å²) in [7, 11) is 1.39. The number of carbonyl (C=O) groups excluding carboxylic acids is 1. The van der Waals surface area contributed by atoms with E-state index in [9.17, 15) is 18.0 Å². The first-order valence-corrected chi connectivity index (χ1v) is 6.35. The summed E-state index contributed by atoms with van der Waals surface area (Å²) in [5.41, 5.74) is 5.95. The number of nitrogens with one attached hydrogen (secondary N) is 1. The van der Waals surface area contributed by atoms with Gasteiger partial charge in [0.2, 0.25) is 0 Å². The molecule has 1 aromatic rings. The molecule has 1 rings (SSSR count). The van der Waals surface area contributed by atoms with Crippen LogP contribution >= 0.6 is 11.3 Å². The number of hydrogen-bond acceptors (Lipinski definition) is 5. The summed E-state index contributed by atoms with van der Waals surface area (Å²) in [5.74, 6) is 0.103. The fraction of sp³-hybridized carbons (Fsp3) is 0.545. The number of ketones is 1. The highest BCUT2D eigenvalue weighted by Crippen LogP contribution is 2.42. The topological polar surface area (TPSA) is 64.3 Å². The molecule has 0 spiro atoms. The first-order chi connectivity index (χ1) is 8.76. The maximum atomic E-state index is 12.0. The summed E-state index contributed by atoms with van der Waals surface area (Å²) in [6.45, 7) is 1.50. The summed E-state index contributed by atoms with van der Waals surface area (Å²) >= 11 is 1.08. The van der Waals surface area contributed by atoms with Crippen LogP contribution < -0.4 is 15.8 Å². The minimum absolute atomic E-state index is 0.0557. The van der Waals surface area contributed by atoms with Crippen molar-refractivity contribution in [2.24, 2.45) is 0 Å². The number of hydrogen-bond donors (Lipinski definition) is 2. The Hall–Kier alpha value is -1.44. The molecule has 108 valence electrons. The summed E-state index contributed by atoms with van der Waals surface area (Å²) in [4.78, 5) is 11.7. The zero-order chi connectivity index (χ0) is 14.6. The number of nitrogens with two attached hydrogens (primary N) is 1. The Morgan fingerprint density at radius 1 is 1.47 bits per heavy atom. The molecule has 1 heterocycles. The molecule has 8 heteroatoms. The van der Waals surface area contributed by atoms with Gasteiger partial charge in [-0.2, -0.15) is 13.2 Å². The van der Waals surface area contributed by atoms with Crippen LogP contribution in [0.2, 0.25) is 0 Å². The number of methoxy groups -OCH3 is 1. The number of anilines is 2. The number of carbonyl (C=O) groups is 1. The molecule has 0 atom stereocenters. The largest absolute Gasteiger partial charge is 0.492 e. The maximum absolute atomic E-state index is 12.0. The molecular formula is C11H15F3N2O2S. The van der Waals surface area contributed by atoms with Gasteiger partial charge in [0.15, 0.2) is 11.5 Å². The first-order valence-electron chi connectivity index (χ1n) is 5.54. The molecule has 3 N–H and O–H groups in total. The average molecular weight is 296 g/mol. The van der Waals surface area contributed by atoms with Crippen LogP contribution in [-0.2, 0) is 0 Å². The van der Waals surface area contributed by atoms with Crippen LogP contribution in [0.3, 0.4) is 0 Å². The Morgan fingerprint density at radius 2 is 2.11 bits per heavy atom. The first kappa shape index (κ1) is 15.6. The van der Waals surface area contributed by atoms with E-state index in [1.807, 2.05) is 0 Å². The molecule has 1 aromatic heterocycles. The van der Waals surface area contributed by atoms with E-state index in [0.717, 1.165) is 11.3 Å². The number of halogens is 3. The van der Waals surface area contributed by atoms with Crippen LogP contribution in [0.5, 0.6) is 5.75 Å². The SMILES string of the molecule is COc1c(NCCCC(F)(F)F)sc(C(C)=O)c1N. The van der Waals surface area contributed by atoms with Gasteiger partial charge in [0, 0.05) is 19.9 Å². The van der Waals surface area contributed by atoms with Crippen molar-refractivity contribution in [2.45, 2.75) is 25.9 Å². The van der Waals surface area contributed by atoms with Gasteiger partial charge >= 0.3 is 6.18 Å². The van der Waals surface area contributed by atoms with E-state index in [4.69, 9.17) is 10.5 Å². The van der Waals surface area contributed by atoms with Crippen molar-refractivity contribution in [3.05, 3.63) is 4.88 Å². The number of rotatable bonds is 6. The normalized spacial score (nSPS) is 11.4. The van der Waals surface area contributed by atoms with Gasteiger partial charge in [-0.1, -0.05) is 0 Å². The van der Waals surface area contributed by atoms with Crippen molar-refractivity contribution >= 4 is 27.8 Å². The summed E-state index contributed by atoms with van der Waals surface area (Å²) in [5, 5.41) is 3.29. The standard InChI is InChI=1S/C11H15F3N2O2S/c1-6(17)9-7(15)8(18-2)10(19-9)16-5-3-4-11(12,13)14/h16H,3-5,15H2,1-2H3. The molecule has 0 aromatic carbocycles. The van der Waals surface area contributed by atoms with E-state index in [-0.39, 0.29) is 24.4 Å². The molecule has 0 aliphatic heterocycles. The van der Waals surface area contributed by atoms with Gasteiger partial charge in [0.25, 0.3) is 0 Å². The number of Topliss-reactive ketones (excluding diaryl/α,β-unsaturated/α-hetero) is 1. The lowest BCUT2D eigenvalue weighted by atomic mass is 10.3.